The van der Waals surface area contributed by atoms with Crippen LogP contribution in [0.5, 0.6) is 0 Å². The lowest BCUT2D eigenvalue weighted by Crippen LogP contribution is -2.39. The Kier molecular flexibility index (Phi) is 5.15. The lowest BCUT2D eigenvalue weighted by atomic mass is 10.0. The molecular weight excluding hydrogens is 417 g/mol. The molecular formula is C22H21ClFN7. The first kappa shape index (κ1) is 19.7. The molecule has 0 unspecified atom stereocenters. The molecule has 4 heterocycles. The number of aromatic nitrogens is 5. The van der Waals surface area contributed by atoms with E-state index in [1.165, 1.54) is 12.1 Å². The van der Waals surface area contributed by atoms with Gasteiger partial charge in [-0.2, -0.15) is 15.2 Å². The first-order valence-electron chi connectivity index (χ1n) is 10.2. The zero-order valence-electron chi connectivity index (χ0n) is 17.0. The van der Waals surface area contributed by atoms with Gasteiger partial charge in [-0.1, -0.05) is 11.6 Å². The molecule has 5 rings (SSSR count). The average molecular weight is 438 g/mol. The predicted molar refractivity (Wildman–Crippen MR) is 119 cm³/mol. The van der Waals surface area contributed by atoms with Gasteiger partial charge in [0.15, 0.2) is 5.65 Å². The van der Waals surface area contributed by atoms with Crippen molar-refractivity contribution in [2.75, 3.05) is 23.3 Å². The van der Waals surface area contributed by atoms with Crippen molar-refractivity contribution in [3.8, 4) is 11.1 Å². The van der Waals surface area contributed by atoms with Crippen molar-refractivity contribution >= 4 is 28.9 Å². The number of piperidine rings is 1. The van der Waals surface area contributed by atoms with Gasteiger partial charge in [-0.25, -0.2) is 8.91 Å². The Hall–Kier alpha value is -3.26. The van der Waals surface area contributed by atoms with Gasteiger partial charge in [-0.05, 0) is 56.2 Å². The molecule has 0 amide bonds. The SMILES string of the molecule is Cc1cc(N2CCC(Nc3nc4c(-c5ccc(F)cc5Cl)cccn4n3)CC2)cnn1. The predicted octanol–water partition coefficient (Wildman–Crippen LogP) is 4.37. The second-order valence-electron chi connectivity index (χ2n) is 7.71. The van der Waals surface area contributed by atoms with E-state index in [4.69, 9.17) is 16.6 Å². The second kappa shape index (κ2) is 8.11. The molecule has 1 fully saturated rings. The lowest BCUT2D eigenvalue weighted by Gasteiger charge is -2.33. The van der Waals surface area contributed by atoms with Crippen molar-refractivity contribution in [3.05, 3.63) is 65.3 Å². The summed E-state index contributed by atoms with van der Waals surface area (Å²) in [7, 11) is 0. The highest BCUT2D eigenvalue weighted by atomic mass is 35.5. The summed E-state index contributed by atoms with van der Waals surface area (Å²) in [5.74, 6) is 0.208. The molecule has 158 valence electrons. The van der Waals surface area contributed by atoms with Gasteiger partial charge < -0.3 is 10.2 Å². The third-order valence-corrected chi connectivity index (χ3v) is 5.85. The number of rotatable bonds is 4. The highest BCUT2D eigenvalue weighted by Gasteiger charge is 2.21. The summed E-state index contributed by atoms with van der Waals surface area (Å²) in [5, 5.41) is 16.5. The van der Waals surface area contributed by atoms with E-state index < -0.39 is 0 Å². The van der Waals surface area contributed by atoms with E-state index in [1.54, 1.807) is 10.6 Å². The maximum absolute atomic E-state index is 13.5. The van der Waals surface area contributed by atoms with Crippen LogP contribution in [0.1, 0.15) is 18.5 Å². The minimum atomic E-state index is -0.367. The molecule has 9 heteroatoms. The third kappa shape index (κ3) is 4.03. The highest BCUT2D eigenvalue weighted by molar-refractivity contribution is 6.33. The Labute approximate surface area is 183 Å². The Bertz CT molecular complexity index is 1230. The number of hydrogen-bond donors (Lipinski definition) is 1. The Balaban J connectivity index is 1.33. The molecule has 3 aromatic heterocycles. The van der Waals surface area contributed by atoms with Gasteiger partial charge in [0.25, 0.3) is 0 Å². The third-order valence-electron chi connectivity index (χ3n) is 5.54. The van der Waals surface area contributed by atoms with Crippen LogP contribution in [0.15, 0.2) is 48.8 Å². The lowest BCUT2D eigenvalue weighted by molar-refractivity contribution is 0.523. The number of benzene rings is 1. The Morgan fingerprint density at radius 2 is 1.97 bits per heavy atom. The molecule has 0 bridgehead atoms. The number of halogens is 2. The van der Waals surface area contributed by atoms with E-state index in [0.717, 1.165) is 48.4 Å². The molecule has 1 aliphatic heterocycles. The first-order valence-corrected chi connectivity index (χ1v) is 10.6. The monoisotopic (exact) mass is 437 g/mol. The first-order chi connectivity index (χ1) is 15.1. The van der Waals surface area contributed by atoms with Gasteiger partial charge in [0.05, 0.1) is 22.6 Å². The van der Waals surface area contributed by atoms with E-state index >= 15 is 0 Å². The number of nitrogens with one attached hydrogen (secondary N) is 1. The van der Waals surface area contributed by atoms with Gasteiger partial charge in [0.1, 0.15) is 5.82 Å². The van der Waals surface area contributed by atoms with Crippen LogP contribution in [0.3, 0.4) is 0 Å². The number of nitrogens with zero attached hydrogens (tertiary/aromatic N) is 6. The average Bonchev–Trinajstić information content (AvgIpc) is 3.17. The molecule has 4 aromatic rings. The standard InChI is InChI=1S/C22H21ClFN7/c1-14-11-17(13-25-28-14)30-9-6-16(7-10-30)26-22-27-21-19(3-2-8-31(21)29-22)18-5-4-15(24)12-20(18)23/h2-5,8,11-13,16H,6-7,9-10H2,1H3,(H,26,29). The van der Waals surface area contributed by atoms with Crippen LogP contribution in [-0.4, -0.2) is 43.9 Å². The number of aryl methyl sites for hydroxylation is 1. The van der Waals surface area contributed by atoms with Gasteiger partial charge in [0, 0.05) is 36.5 Å². The molecule has 0 radical (unpaired) electrons. The topological polar surface area (TPSA) is 71.2 Å². The fourth-order valence-corrected chi connectivity index (χ4v) is 4.25. The second-order valence-corrected chi connectivity index (χ2v) is 8.12. The van der Waals surface area contributed by atoms with Crippen LogP contribution in [0.4, 0.5) is 16.0 Å². The van der Waals surface area contributed by atoms with E-state index in [0.29, 0.717) is 16.6 Å². The molecule has 31 heavy (non-hydrogen) atoms. The summed E-state index contributed by atoms with van der Waals surface area (Å²) in [6.07, 6.45) is 5.59. The van der Waals surface area contributed by atoms with Gasteiger partial charge >= 0.3 is 0 Å². The van der Waals surface area contributed by atoms with Gasteiger partial charge in [-0.15, -0.1) is 5.10 Å². The molecule has 7 nitrogen and oxygen atoms in total. The van der Waals surface area contributed by atoms with Crippen molar-refractivity contribution in [1.82, 2.24) is 24.8 Å². The Morgan fingerprint density at radius 1 is 1.13 bits per heavy atom. The van der Waals surface area contributed by atoms with Crippen molar-refractivity contribution in [1.29, 1.82) is 0 Å². The molecule has 0 atom stereocenters. The quantitative estimate of drug-likeness (QED) is 0.511. The summed E-state index contributed by atoms with van der Waals surface area (Å²) >= 11 is 6.27. The van der Waals surface area contributed by atoms with E-state index in [-0.39, 0.29) is 11.9 Å². The largest absolute Gasteiger partial charge is 0.370 e. The molecule has 1 aromatic carbocycles. The number of hydrogen-bond acceptors (Lipinski definition) is 6. The summed E-state index contributed by atoms with van der Waals surface area (Å²) in [6.45, 7) is 3.80. The number of fused-ring (bicyclic) bond motifs is 1. The van der Waals surface area contributed by atoms with Gasteiger partial charge in [-0.3, -0.25) is 0 Å². The van der Waals surface area contributed by atoms with Crippen molar-refractivity contribution in [3.63, 3.8) is 0 Å². The highest BCUT2D eigenvalue weighted by Crippen LogP contribution is 2.31. The molecule has 0 spiro atoms. The zero-order chi connectivity index (χ0) is 21.4. The molecule has 1 aliphatic rings. The van der Waals surface area contributed by atoms with E-state index in [9.17, 15) is 4.39 Å². The van der Waals surface area contributed by atoms with Crippen molar-refractivity contribution < 1.29 is 4.39 Å². The fraction of sp³-hybridized carbons (Fsp3) is 0.273. The molecule has 0 aliphatic carbocycles. The maximum atomic E-state index is 13.5. The summed E-state index contributed by atoms with van der Waals surface area (Å²) in [6, 6.07) is 10.5. The van der Waals surface area contributed by atoms with Crippen LogP contribution in [0.25, 0.3) is 16.8 Å². The van der Waals surface area contributed by atoms with Gasteiger partial charge in [0.2, 0.25) is 5.95 Å². The van der Waals surface area contributed by atoms with Crippen LogP contribution < -0.4 is 10.2 Å². The fourth-order valence-electron chi connectivity index (χ4n) is 3.98. The molecule has 1 N–H and O–H groups in total. The minimum Gasteiger partial charge on any atom is -0.370 e. The summed E-state index contributed by atoms with van der Waals surface area (Å²) < 4.78 is 15.2. The minimum absolute atomic E-state index is 0.280. The smallest absolute Gasteiger partial charge is 0.243 e. The van der Waals surface area contributed by atoms with Crippen LogP contribution in [-0.2, 0) is 0 Å². The molecule has 0 saturated carbocycles. The van der Waals surface area contributed by atoms with Crippen molar-refractivity contribution in [2.24, 2.45) is 0 Å². The van der Waals surface area contributed by atoms with Crippen LogP contribution >= 0.6 is 11.6 Å². The zero-order valence-corrected chi connectivity index (χ0v) is 17.7. The summed E-state index contributed by atoms with van der Waals surface area (Å²) in [5.41, 5.74) is 4.24. The number of pyridine rings is 1. The summed E-state index contributed by atoms with van der Waals surface area (Å²) in [4.78, 5) is 7.02. The number of anilines is 2. The van der Waals surface area contributed by atoms with Crippen LogP contribution in [0.2, 0.25) is 5.02 Å². The molecule has 1 saturated heterocycles. The van der Waals surface area contributed by atoms with Crippen LogP contribution in [0, 0.1) is 12.7 Å². The Morgan fingerprint density at radius 3 is 2.74 bits per heavy atom. The normalized spacial score (nSPS) is 14.9. The van der Waals surface area contributed by atoms with E-state index in [2.05, 4.69) is 31.6 Å². The van der Waals surface area contributed by atoms with E-state index in [1.807, 2.05) is 31.5 Å². The maximum Gasteiger partial charge on any atom is 0.243 e. The van der Waals surface area contributed by atoms with Crippen molar-refractivity contribution in [2.45, 2.75) is 25.8 Å².